The van der Waals surface area contributed by atoms with Crippen LogP contribution in [0.4, 0.5) is 0 Å². The van der Waals surface area contributed by atoms with Gasteiger partial charge < -0.3 is 14.3 Å². The van der Waals surface area contributed by atoms with Gasteiger partial charge in [0.05, 0.1) is 13.2 Å². The summed E-state index contributed by atoms with van der Waals surface area (Å²) in [4.78, 5) is 22.8. The minimum atomic E-state index is -0.379. The summed E-state index contributed by atoms with van der Waals surface area (Å²) >= 11 is 0. The molecule has 0 bridgehead atoms. The van der Waals surface area contributed by atoms with Crippen LogP contribution in [0.5, 0.6) is 0 Å². The Hall–Kier alpha value is -0.740. The van der Waals surface area contributed by atoms with Crippen LogP contribution in [0, 0.1) is 5.92 Å². The molecule has 4 nitrogen and oxygen atoms in total. The molecular weight excluding hydrogens is 232 g/mol. The Morgan fingerprint density at radius 1 is 1.11 bits per heavy atom. The Morgan fingerprint density at radius 3 is 2.28 bits per heavy atom. The first-order valence-corrected chi connectivity index (χ1v) is 6.91. The van der Waals surface area contributed by atoms with Gasteiger partial charge in [0.15, 0.2) is 5.79 Å². The van der Waals surface area contributed by atoms with Crippen LogP contribution in [0.2, 0.25) is 0 Å². The summed E-state index contributed by atoms with van der Waals surface area (Å²) < 4.78 is 11.3. The zero-order chi connectivity index (χ0) is 13.0. The Bertz CT molecular complexity index is 308. The van der Waals surface area contributed by atoms with Crippen LogP contribution in [0.3, 0.4) is 0 Å². The highest BCUT2D eigenvalue weighted by Gasteiger charge is 2.41. The Balaban J connectivity index is 1.72. The molecule has 0 unspecified atom stereocenters. The highest BCUT2D eigenvalue weighted by Crippen LogP contribution is 2.38. The van der Waals surface area contributed by atoms with Gasteiger partial charge in [-0.3, -0.25) is 4.79 Å². The van der Waals surface area contributed by atoms with Crippen LogP contribution in [-0.4, -0.2) is 30.6 Å². The number of hydrogen-bond acceptors (Lipinski definition) is 4. The molecule has 2 fully saturated rings. The van der Waals surface area contributed by atoms with Gasteiger partial charge in [-0.1, -0.05) is 0 Å². The number of hydrogen-bond donors (Lipinski definition) is 0. The fraction of sp³-hybridized carbons (Fsp3) is 0.857. The quantitative estimate of drug-likeness (QED) is 0.755. The molecule has 0 amide bonds. The average Bonchev–Trinajstić information content (AvgIpc) is 2.78. The predicted molar refractivity (Wildman–Crippen MR) is 66.1 cm³/mol. The fourth-order valence-corrected chi connectivity index (χ4v) is 2.88. The van der Waals surface area contributed by atoms with Crippen molar-refractivity contribution >= 4 is 11.6 Å². The zero-order valence-corrected chi connectivity index (χ0v) is 11.1. The number of Topliss-reactive ketones (excluding diaryl/α,β-unsaturated/α-hetero) is 2. The third kappa shape index (κ3) is 3.39. The van der Waals surface area contributed by atoms with Gasteiger partial charge in [0.1, 0.15) is 11.6 Å². The zero-order valence-electron chi connectivity index (χ0n) is 11.1. The Kier molecular flexibility index (Phi) is 4.51. The molecule has 1 heterocycles. The largest absolute Gasteiger partial charge is 0.348 e. The molecule has 2 aliphatic rings. The van der Waals surface area contributed by atoms with Crippen molar-refractivity contribution in [1.29, 1.82) is 0 Å². The van der Waals surface area contributed by atoms with Gasteiger partial charge in [-0.2, -0.15) is 0 Å². The van der Waals surface area contributed by atoms with Crippen molar-refractivity contribution < 1.29 is 19.1 Å². The maximum absolute atomic E-state index is 12.0. The maximum Gasteiger partial charge on any atom is 0.168 e. The molecular formula is C14H22O4. The minimum Gasteiger partial charge on any atom is -0.348 e. The summed E-state index contributed by atoms with van der Waals surface area (Å²) in [5.74, 6) is 0.244. The van der Waals surface area contributed by atoms with Gasteiger partial charge in [-0.25, -0.2) is 0 Å². The lowest BCUT2D eigenvalue weighted by Crippen LogP contribution is -2.37. The van der Waals surface area contributed by atoms with Crippen molar-refractivity contribution in [2.45, 2.75) is 57.7 Å². The second-order valence-electron chi connectivity index (χ2n) is 5.40. The van der Waals surface area contributed by atoms with Crippen molar-refractivity contribution in [1.82, 2.24) is 0 Å². The maximum atomic E-state index is 12.0. The summed E-state index contributed by atoms with van der Waals surface area (Å²) in [5, 5.41) is 0. The normalized spacial score (nSPS) is 23.4. The van der Waals surface area contributed by atoms with E-state index < -0.39 is 0 Å². The van der Waals surface area contributed by atoms with E-state index in [9.17, 15) is 9.59 Å². The van der Waals surface area contributed by atoms with E-state index in [4.69, 9.17) is 9.47 Å². The van der Waals surface area contributed by atoms with Crippen LogP contribution in [-0.2, 0) is 19.1 Å². The number of carbonyl (C=O) groups is 2. The first-order chi connectivity index (χ1) is 8.61. The second kappa shape index (κ2) is 5.93. The highest BCUT2D eigenvalue weighted by atomic mass is 16.7. The fourth-order valence-electron chi connectivity index (χ4n) is 2.88. The number of ether oxygens (including phenoxy) is 2. The molecule has 0 N–H and O–H groups in total. The molecule has 18 heavy (non-hydrogen) atoms. The van der Waals surface area contributed by atoms with Gasteiger partial charge in [-0.15, -0.1) is 0 Å². The molecule has 1 saturated carbocycles. The third-order valence-electron chi connectivity index (χ3n) is 3.97. The topological polar surface area (TPSA) is 52.6 Å². The van der Waals surface area contributed by atoms with Gasteiger partial charge in [0.2, 0.25) is 0 Å². The summed E-state index contributed by atoms with van der Waals surface area (Å²) in [7, 11) is 0. The van der Waals surface area contributed by atoms with E-state index >= 15 is 0 Å². The van der Waals surface area contributed by atoms with E-state index in [0.29, 0.717) is 38.3 Å². The van der Waals surface area contributed by atoms with E-state index in [0.717, 1.165) is 25.7 Å². The average molecular weight is 254 g/mol. The first-order valence-electron chi connectivity index (χ1n) is 6.91. The van der Waals surface area contributed by atoms with E-state index in [2.05, 4.69) is 0 Å². The summed E-state index contributed by atoms with van der Waals surface area (Å²) in [5.41, 5.74) is 0. The van der Waals surface area contributed by atoms with E-state index in [1.54, 1.807) is 6.92 Å². The van der Waals surface area contributed by atoms with Gasteiger partial charge in [-0.05, 0) is 26.2 Å². The van der Waals surface area contributed by atoms with E-state index in [-0.39, 0.29) is 17.5 Å². The molecule has 0 aromatic carbocycles. The molecule has 2 rings (SSSR count). The molecule has 4 heteroatoms. The molecule has 0 atom stereocenters. The van der Waals surface area contributed by atoms with Crippen molar-refractivity contribution in [3.05, 3.63) is 0 Å². The smallest absolute Gasteiger partial charge is 0.168 e. The molecule has 0 aromatic rings. The Morgan fingerprint density at radius 2 is 1.72 bits per heavy atom. The predicted octanol–water partition coefficient (Wildman–Crippen LogP) is 2.25. The van der Waals surface area contributed by atoms with Crippen molar-refractivity contribution in [2.24, 2.45) is 5.92 Å². The second-order valence-corrected chi connectivity index (χ2v) is 5.40. The lowest BCUT2D eigenvalue weighted by Gasteiger charge is -2.34. The van der Waals surface area contributed by atoms with Crippen LogP contribution in [0.1, 0.15) is 51.9 Å². The van der Waals surface area contributed by atoms with Crippen molar-refractivity contribution in [3.8, 4) is 0 Å². The number of ketones is 2. The molecule has 102 valence electrons. The SMILES string of the molecule is CC(=O)CCCC(=O)C1CCC2(CC1)OCCO2. The molecule has 0 aromatic heterocycles. The minimum absolute atomic E-state index is 0.149. The molecule has 0 radical (unpaired) electrons. The first kappa shape index (κ1) is 13.7. The van der Waals surface area contributed by atoms with Crippen molar-refractivity contribution in [2.75, 3.05) is 13.2 Å². The lowest BCUT2D eigenvalue weighted by atomic mass is 9.81. The number of carbonyl (C=O) groups excluding carboxylic acids is 2. The van der Waals surface area contributed by atoms with Crippen LogP contribution >= 0.6 is 0 Å². The Labute approximate surface area is 108 Å². The third-order valence-corrected chi connectivity index (χ3v) is 3.97. The molecule has 1 spiro atoms. The van der Waals surface area contributed by atoms with Crippen LogP contribution < -0.4 is 0 Å². The monoisotopic (exact) mass is 254 g/mol. The molecule has 1 aliphatic heterocycles. The molecule has 1 aliphatic carbocycles. The number of rotatable bonds is 5. The van der Waals surface area contributed by atoms with Crippen molar-refractivity contribution in [3.63, 3.8) is 0 Å². The van der Waals surface area contributed by atoms with Crippen LogP contribution in [0.25, 0.3) is 0 Å². The van der Waals surface area contributed by atoms with Crippen LogP contribution in [0.15, 0.2) is 0 Å². The van der Waals surface area contributed by atoms with E-state index in [1.807, 2.05) is 0 Å². The highest BCUT2D eigenvalue weighted by molar-refractivity contribution is 5.82. The summed E-state index contributed by atoms with van der Waals surface area (Å²) in [6.45, 7) is 2.93. The van der Waals surface area contributed by atoms with Gasteiger partial charge in [0.25, 0.3) is 0 Å². The lowest BCUT2D eigenvalue weighted by molar-refractivity contribution is -0.183. The van der Waals surface area contributed by atoms with E-state index in [1.165, 1.54) is 0 Å². The van der Waals surface area contributed by atoms with Gasteiger partial charge >= 0.3 is 0 Å². The molecule has 1 saturated heterocycles. The summed E-state index contributed by atoms with van der Waals surface area (Å²) in [6, 6.07) is 0. The van der Waals surface area contributed by atoms with Gasteiger partial charge in [0, 0.05) is 31.6 Å². The standard InChI is InChI=1S/C14H22O4/c1-11(15)3-2-4-13(16)12-5-7-14(8-6-12)17-9-10-18-14/h12H,2-10H2,1H3. The summed E-state index contributed by atoms with van der Waals surface area (Å²) in [6.07, 6.45) is 5.14.